The van der Waals surface area contributed by atoms with Crippen LogP contribution in [0.15, 0.2) is 0 Å². The summed E-state index contributed by atoms with van der Waals surface area (Å²) in [4.78, 5) is 0. The highest BCUT2D eigenvalue weighted by Crippen LogP contribution is 2.63. The average molecular weight is 1120 g/mol. The lowest BCUT2D eigenvalue weighted by Gasteiger charge is -2.42. The molecule has 0 saturated carbocycles. The number of rotatable bonds is 7. The van der Waals surface area contributed by atoms with E-state index in [0.717, 1.165) is 0 Å². The molecule has 7 N–H and O–H groups in total. The molecule has 0 aromatic carbocycles. The van der Waals surface area contributed by atoms with Gasteiger partial charge in [0.15, 0.2) is 44.0 Å². The van der Waals surface area contributed by atoms with Crippen LogP contribution in [0.25, 0.3) is 0 Å². The van der Waals surface area contributed by atoms with E-state index in [0.29, 0.717) is 0 Å². The van der Waals surface area contributed by atoms with Gasteiger partial charge in [-0.3, -0.25) is 0 Å². The third-order valence-electron chi connectivity index (χ3n) is 16.1. The molecule has 28 heteroatoms. The van der Waals surface area contributed by atoms with Crippen molar-refractivity contribution in [2.45, 2.75) is 203 Å². The first-order chi connectivity index (χ1) is 34.3. The smallest absolute Gasteiger partial charge is 0.171 e. The third-order valence-corrected chi connectivity index (χ3v) is 25.8. The van der Waals surface area contributed by atoms with Gasteiger partial charge in [-0.25, -0.2) is 0 Å². The highest BCUT2D eigenvalue weighted by molar-refractivity contribution is 8.09. The molecular weight excluding hydrogens is 1060 g/mol. The lowest BCUT2D eigenvalue weighted by molar-refractivity contribution is -0.315. The average Bonchev–Trinajstić information content (AvgIpc) is 4.15. The molecule has 0 amide bonds. The van der Waals surface area contributed by atoms with Crippen LogP contribution in [0, 0.1) is 0 Å². The van der Waals surface area contributed by atoms with Gasteiger partial charge in [-0.05, 0) is 0 Å². The largest absolute Gasteiger partial charge is 0.394 e. The van der Waals surface area contributed by atoms with Crippen LogP contribution < -0.4 is 0 Å². The van der Waals surface area contributed by atoms with Crippen molar-refractivity contribution < 1.29 is 102 Å². The quantitative estimate of drug-likeness (QED) is 0.126. The summed E-state index contributed by atoms with van der Waals surface area (Å²) in [5.41, 5.74) is 0. The van der Waals surface area contributed by atoms with Crippen molar-refractivity contribution in [3.63, 3.8) is 0 Å². The SMILES string of the molecule is OC[C@@H]1O[C@@H]2O[C@@H]3[C@@H]4S[C@@H]4[C@H](O[C@@H]4[C@H]5S[C@H]5[C@H](O[C@@H]5[C@@H]6S[C@H]6[C@H](O[C@@H]6[C@H]7S[C@@H]7[C@@H](O[C@@H]7[C@@H]8S[C@@H]8[C@@H](O[C@H]8[C@@H]9S[C@@H]9[C@@H](O[C@@H]1[C@H]1S[C@H]21)O[C@@H]8CO)O[C@H]7CO)O[C@H]6CO)O[C@@H]5CO)O[C@H]4CO)O[C@H]3CO. The van der Waals surface area contributed by atoms with Gasteiger partial charge in [0, 0.05) is 0 Å². The fourth-order valence-corrected chi connectivity index (χ4v) is 20.6. The molecule has 0 aromatic rings. The predicted molar refractivity (Wildman–Crippen MR) is 251 cm³/mol. The van der Waals surface area contributed by atoms with Crippen molar-refractivity contribution >= 4 is 82.3 Å². The van der Waals surface area contributed by atoms with Crippen LogP contribution in [0.5, 0.6) is 0 Å². The first-order valence-corrected chi connectivity index (χ1v) is 30.9. The van der Waals surface area contributed by atoms with Crippen molar-refractivity contribution in [2.24, 2.45) is 0 Å². The molecule has 70 heavy (non-hydrogen) atoms. The zero-order valence-electron chi connectivity index (χ0n) is 36.9. The fourth-order valence-electron chi connectivity index (χ4n) is 12.1. The highest BCUT2D eigenvalue weighted by atomic mass is 32.2. The Morgan fingerprint density at radius 3 is 0.429 bits per heavy atom. The van der Waals surface area contributed by atoms with Crippen LogP contribution in [-0.4, -0.2) is 285 Å². The second-order valence-electron chi connectivity index (χ2n) is 20.2. The summed E-state index contributed by atoms with van der Waals surface area (Å²) in [5.74, 6) is 0. The zero-order chi connectivity index (χ0) is 47.0. The third kappa shape index (κ3) is 8.39. The van der Waals surface area contributed by atoms with Crippen molar-refractivity contribution in [3.8, 4) is 0 Å². The van der Waals surface area contributed by atoms with E-state index in [4.69, 9.17) is 66.3 Å². The van der Waals surface area contributed by atoms with Crippen molar-refractivity contribution in [1.29, 1.82) is 0 Å². The first-order valence-electron chi connectivity index (χ1n) is 24.3. The molecule has 22 heterocycles. The van der Waals surface area contributed by atoms with E-state index in [2.05, 4.69) is 0 Å². The minimum Gasteiger partial charge on any atom is -0.394 e. The minimum atomic E-state index is -0.727. The lowest BCUT2D eigenvalue weighted by atomic mass is 10.0. The van der Waals surface area contributed by atoms with Crippen molar-refractivity contribution in [2.75, 3.05) is 46.2 Å². The maximum atomic E-state index is 10.7. The molecule has 22 aliphatic rings. The molecule has 0 radical (unpaired) electrons. The number of aliphatic hydroxyl groups is 7. The molecule has 0 aromatic heterocycles. The van der Waals surface area contributed by atoms with Gasteiger partial charge in [-0.1, -0.05) is 0 Å². The summed E-state index contributed by atoms with van der Waals surface area (Å²) in [6.07, 6.45) is -13.5. The topological polar surface area (TPSA) is 271 Å². The maximum Gasteiger partial charge on any atom is 0.171 e. The summed E-state index contributed by atoms with van der Waals surface area (Å²) >= 11 is 11.5. The molecule has 22 rings (SSSR count). The Morgan fingerprint density at radius 1 is 0.186 bits per heavy atom. The lowest BCUT2D eigenvalue weighted by Crippen LogP contribution is -2.58. The Morgan fingerprint density at radius 2 is 0.314 bits per heavy atom. The van der Waals surface area contributed by atoms with Crippen LogP contribution in [0.3, 0.4) is 0 Å². The van der Waals surface area contributed by atoms with Gasteiger partial charge in [0.05, 0.1) is 120 Å². The van der Waals surface area contributed by atoms with Gasteiger partial charge in [-0.15, -0.1) is 82.3 Å². The fraction of sp³-hybridized carbons (Fsp3) is 1.00. The molecule has 14 bridgehead atoms. The van der Waals surface area contributed by atoms with Crippen LogP contribution >= 0.6 is 82.3 Å². The van der Waals surface area contributed by atoms with Gasteiger partial charge in [0.25, 0.3) is 0 Å². The molecule has 22 fully saturated rings. The van der Waals surface area contributed by atoms with Gasteiger partial charge >= 0.3 is 0 Å². The second kappa shape index (κ2) is 18.9. The second-order valence-corrected chi connectivity index (χ2v) is 29.8. The molecule has 0 spiro atoms. The van der Waals surface area contributed by atoms with Gasteiger partial charge < -0.3 is 102 Å². The van der Waals surface area contributed by atoms with Crippen LogP contribution in [0.4, 0.5) is 0 Å². The Hall–Kier alpha value is 1.61. The van der Waals surface area contributed by atoms with Crippen LogP contribution in [0.2, 0.25) is 0 Å². The Kier molecular flexibility index (Phi) is 13.1. The molecule has 392 valence electrons. The van der Waals surface area contributed by atoms with Gasteiger partial charge in [0.1, 0.15) is 85.5 Å². The predicted octanol–water partition coefficient (Wildman–Crippen LogP) is -2.90. The summed E-state index contributed by atoms with van der Waals surface area (Å²) in [6, 6.07) is 0. The number of hydrogen-bond donors (Lipinski definition) is 7. The number of fused-ring (bicyclic) bond motifs is 6. The molecule has 0 aliphatic carbocycles. The number of ether oxygens (including phenoxy) is 14. The highest BCUT2D eigenvalue weighted by Gasteiger charge is 2.70. The Bertz CT molecular complexity index is 1590. The van der Waals surface area contributed by atoms with E-state index in [1.54, 1.807) is 82.3 Å². The summed E-state index contributed by atoms with van der Waals surface area (Å²) in [5, 5.41) is 73.5. The van der Waals surface area contributed by atoms with E-state index in [1.165, 1.54) is 0 Å². The minimum absolute atomic E-state index is 0.0517. The van der Waals surface area contributed by atoms with Crippen molar-refractivity contribution in [1.82, 2.24) is 0 Å². The number of aliphatic hydroxyl groups excluding tert-OH is 7. The Balaban J connectivity index is 0.676. The van der Waals surface area contributed by atoms with E-state index < -0.39 is 129 Å². The summed E-state index contributed by atoms with van der Waals surface area (Å²) in [6.45, 7) is -2.26. The molecule has 21 nitrogen and oxygen atoms in total. The van der Waals surface area contributed by atoms with E-state index in [9.17, 15) is 35.7 Å². The number of hydrogen-bond acceptors (Lipinski definition) is 28. The van der Waals surface area contributed by atoms with Crippen LogP contribution in [0.1, 0.15) is 0 Å². The standard InChI is InChI=1S/C42H56O21S7/c43-1-8-15-22-29(64-22)36(50-8)58-16-9(2-44)52-38(31-23(16)66-31)60-18-11(4-46)54-40(33-25(18)68-33)62-20-13(6-48)56-42(35-27(20)70-35)63-21-14(7-49)55-41(34-28(21)69-34)61-19-12(5-47)53-39(32-26(19)67-32)59-17-10(3-45)51-37(57-15)30-24(17)65-30/h8-49H,1-7H2/t8-,9-,10-,11+,12+,13-,14-,15-,16-,17-,18-,19+,20-,21-,22-,23+,24+,25-,26-,27+,28-,29-,30-,31+,32-,33+,34-,35-,36-,37+,38-,39+,40-,41+,42+/m0/s1. The molecular formula is C42H56O21S7. The first kappa shape index (κ1) is 48.7. The number of thioether (sulfide) groups is 7. The summed E-state index contributed by atoms with van der Waals surface area (Å²) in [7, 11) is 0. The van der Waals surface area contributed by atoms with Crippen LogP contribution in [-0.2, 0) is 66.3 Å². The molecule has 0 unspecified atom stereocenters. The van der Waals surface area contributed by atoms with E-state index in [-0.39, 0.29) is 120 Å². The van der Waals surface area contributed by atoms with E-state index in [1.807, 2.05) is 0 Å². The zero-order valence-corrected chi connectivity index (χ0v) is 42.6. The van der Waals surface area contributed by atoms with E-state index >= 15 is 0 Å². The molecule has 22 aliphatic heterocycles. The summed E-state index contributed by atoms with van der Waals surface area (Å²) < 4.78 is 91.7. The van der Waals surface area contributed by atoms with Crippen molar-refractivity contribution in [3.05, 3.63) is 0 Å². The van der Waals surface area contributed by atoms with Gasteiger partial charge in [0.2, 0.25) is 0 Å². The van der Waals surface area contributed by atoms with Gasteiger partial charge in [-0.2, -0.15) is 0 Å². The normalized spacial score (nSPS) is 62.7. The molecule has 22 saturated heterocycles. The maximum absolute atomic E-state index is 10.7. The monoisotopic (exact) mass is 1120 g/mol. The molecule has 35 atom stereocenters. The Labute approximate surface area is 431 Å².